The van der Waals surface area contributed by atoms with E-state index >= 15 is 0 Å². The Balaban J connectivity index is 1.55. The molecule has 2 amide bonds. The van der Waals surface area contributed by atoms with Crippen LogP contribution in [0.4, 0.5) is 17.1 Å². The number of piperidine rings is 1. The molecule has 1 saturated carbocycles. The number of benzene rings is 2. The van der Waals surface area contributed by atoms with Gasteiger partial charge >= 0.3 is 0 Å². The summed E-state index contributed by atoms with van der Waals surface area (Å²) in [6.07, 6.45) is 6.59. The van der Waals surface area contributed by atoms with Gasteiger partial charge in [0, 0.05) is 43.4 Å². The number of hydrogen-bond acceptors (Lipinski definition) is 5. The highest BCUT2D eigenvalue weighted by atomic mass is 79.9. The van der Waals surface area contributed by atoms with Crippen molar-refractivity contribution < 1.29 is 19.1 Å². The Hall–Kier alpha value is -2.42. The normalized spacial score (nSPS) is 19.8. The fourth-order valence-electron chi connectivity index (χ4n) is 6.48. The molecule has 3 aliphatic rings. The van der Waals surface area contributed by atoms with Gasteiger partial charge in [-0.2, -0.15) is 0 Å². The molecule has 1 spiro atoms. The van der Waals surface area contributed by atoms with Crippen LogP contribution < -0.4 is 15.5 Å². The van der Waals surface area contributed by atoms with E-state index in [9.17, 15) is 9.59 Å². The maximum Gasteiger partial charge on any atom is 0.251 e. The number of anilines is 3. The monoisotopic (exact) mass is 555 g/mol. The van der Waals surface area contributed by atoms with Crippen LogP contribution in [-0.4, -0.2) is 45.4 Å². The van der Waals surface area contributed by atoms with Gasteiger partial charge in [0.05, 0.1) is 22.4 Å². The van der Waals surface area contributed by atoms with Crippen molar-refractivity contribution in [2.45, 2.75) is 56.7 Å². The number of halogens is 1. The maximum absolute atomic E-state index is 14.2. The highest BCUT2D eigenvalue weighted by Gasteiger charge is 2.52. The quantitative estimate of drug-likeness (QED) is 0.491. The first kappa shape index (κ1) is 25.2. The number of carbonyl (C=O) groups is 2. The van der Waals surface area contributed by atoms with Crippen LogP contribution >= 0.6 is 15.9 Å². The number of nitrogens with two attached hydrogens (primary N) is 1. The summed E-state index contributed by atoms with van der Waals surface area (Å²) < 4.78 is 11.6. The van der Waals surface area contributed by atoms with Crippen molar-refractivity contribution in [3.05, 3.63) is 52.0 Å². The lowest BCUT2D eigenvalue weighted by molar-refractivity contribution is -0.141. The Labute approximate surface area is 221 Å². The third kappa shape index (κ3) is 4.13. The molecule has 2 N–H and O–H groups in total. The molecule has 8 heteroatoms. The van der Waals surface area contributed by atoms with Crippen molar-refractivity contribution in [3.63, 3.8) is 0 Å². The lowest BCUT2D eigenvalue weighted by Gasteiger charge is -2.36. The number of amides is 2. The van der Waals surface area contributed by atoms with Gasteiger partial charge in [-0.3, -0.25) is 14.5 Å². The van der Waals surface area contributed by atoms with Crippen LogP contribution in [0.3, 0.4) is 0 Å². The van der Waals surface area contributed by atoms with E-state index in [2.05, 4.69) is 39.0 Å². The molecule has 2 aliphatic heterocycles. The van der Waals surface area contributed by atoms with E-state index in [1.54, 1.807) is 25.2 Å². The SMILES string of the molecule is COC(OC)C1CCN(c2ccc3c(c2)N(c2cccc(Br)c2C(N)=O)C(=O)C32CCCCC2)CC1. The van der Waals surface area contributed by atoms with Crippen LogP contribution in [-0.2, 0) is 19.7 Å². The van der Waals surface area contributed by atoms with Crippen molar-refractivity contribution >= 4 is 44.8 Å². The summed E-state index contributed by atoms with van der Waals surface area (Å²) in [7, 11) is 3.38. The molecule has 0 bridgehead atoms. The fraction of sp³-hybridized carbons (Fsp3) is 0.500. The summed E-state index contributed by atoms with van der Waals surface area (Å²) in [5.41, 5.74) is 9.15. The maximum atomic E-state index is 14.2. The minimum Gasteiger partial charge on any atom is -0.371 e. The van der Waals surface area contributed by atoms with E-state index in [1.165, 1.54) is 0 Å². The predicted molar refractivity (Wildman–Crippen MR) is 144 cm³/mol. The van der Waals surface area contributed by atoms with Gasteiger partial charge in [0.25, 0.3) is 5.91 Å². The molecule has 192 valence electrons. The number of primary amides is 1. The fourth-order valence-corrected chi connectivity index (χ4v) is 7.03. The zero-order valence-corrected chi connectivity index (χ0v) is 22.6. The number of fused-ring (bicyclic) bond motifs is 2. The van der Waals surface area contributed by atoms with E-state index in [-0.39, 0.29) is 12.2 Å². The van der Waals surface area contributed by atoms with Gasteiger partial charge < -0.3 is 20.1 Å². The lowest BCUT2D eigenvalue weighted by atomic mass is 9.70. The molecule has 7 nitrogen and oxygen atoms in total. The second-order valence-electron chi connectivity index (χ2n) is 10.1. The Morgan fingerprint density at radius 1 is 1.06 bits per heavy atom. The number of methoxy groups -OCH3 is 2. The zero-order chi connectivity index (χ0) is 25.4. The molecule has 2 heterocycles. The van der Waals surface area contributed by atoms with Crippen LogP contribution in [0.5, 0.6) is 0 Å². The summed E-state index contributed by atoms with van der Waals surface area (Å²) in [6.45, 7) is 1.77. The second-order valence-corrected chi connectivity index (χ2v) is 11.0. The highest BCUT2D eigenvalue weighted by molar-refractivity contribution is 9.10. The Kier molecular flexibility index (Phi) is 7.12. The van der Waals surface area contributed by atoms with E-state index in [1.807, 2.05) is 12.1 Å². The van der Waals surface area contributed by atoms with E-state index in [0.717, 1.165) is 75.0 Å². The molecule has 2 aromatic carbocycles. The van der Waals surface area contributed by atoms with Crippen LogP contribution in [0, 0.1) is 5.92 Å². The molecule has 0 unspecified atom stereocenters. The van der Waals surface area contributed by atoms with E-state index < -0.39 is 11.3 Å². The summed E-state index contributed by atoms with van der Waals surface area (Å²) in [5, 5.41) is 0. The molecule has 36 heavy (non-hydrogen) atoms. The molecule has 0 atom stereocenters. The Morgan fingerprint density at radius 3 is 2.39 bits per heavy atom. The van der Waals surface area contributed by atoms with Crippen molar-refractivity contribution in [3.8, 4) is 0 Å². The molecule has 2 fully saturated rings. The van der Waals surface area contributed by atoms with E-state index in [0.29, 0.717) is 21.6 Å². The van der Waals surface area contributed by atoms with Crippen molar-refractivity contribution in [1.29, 1.82) is 0 Å². The molecular formula is C28H34BrN3O4. The summed E-state index contributed by atoms with van der Waals surface area (Å²) in [5.74, 6) is -0.147. The number of carbonyl (C=O) groups excluding carboxylic acids is 2. The van der Waals surface area contributed by atoms with Crippen LogP contribution in [0.25, 0.3) is 0 Å². The number of hydrogen-bond donors (Lipinski definition) is 1. The van der Waals surface area contributed by atoms with Crippen molar-refractivity contribution in [2.24, 2.45) is 11.7 Å². The molecule has 1 aliphatic carbocycles. The van der Waals surface area contributed by atoms with Gasteiger partial charge in [-0.1, -0.05) is 31.4 Å². The second kappa shape index (κ2) is 10.1. The van der Waals surface area contributed by atoms with Gasteiger partial charge in [-0.05, 0) is 71.4 Å². The third-order valence-electron chi connectivity index (χ3n) is 8.29. The third-order valence-corrected chi connectivity index (χ3v) is 8.95. The largest absolute Gasteiger partial charge is 0.371 e. The molecular weight excluding hydrogens is 522 g/mol. The summed E-state index contributed by atoms with van der Waals surface area (Å²) >= 11 is 3.48. The summed E-state index contributed by atoms with van der Waals surface area (Å²) in [6, 6.07) is 11.9. The Bertz CT molecular complexity index is 1150. The first-order chi connectivity index (χ1) is 17.4. The van der Waals surface area contributed by atoms with Crippen LogP contribution in [0.15, 0.2) is 40.9 Å². The van der Waals surface area contributed by atoms with Gasteiger partial charge in [0.15, 0.2) is 6.29 Å². The lowest BCUT2D eigenvalue weighted by Crippen LogP contribution is -2.40. The van der Waals surface area contributed by atoms with Gasteiger partial charge in [-0.15, -0.1) is 0 Å². The van der Waals surface area contributed by atoms with Gasteiger partial charge in [0.1, 0.15) is 0 Å². The number of rotatable bonds is 6. The Morgan fingerprint density at radius 2 is 1.75 bits per heavy atom. The first-order valence-corrected chi connectivity index (χ1v) is 13.6. The molecule has 0 radical (unpaired) electrons. The van der Waals surface area contributed by atoms with Crippen LogP contribution in [0.1, 0.15) is 60.9 Å². The smallest absolute Gasteiger partial charge is 0.251 e. The van der Waals surface area contributed by atoms with Gasteiger partial charge in [-0.25, -0.2) is 0 Å². The van der Waals surface area contributed by atoms with Crippen molar-refractivity contribution in [2.75, 3.05) is 37.1 Å². The zero-order valence-electron chi connectivity index (χ0n) is 21.0. The minimum absolute atomic E-state index is 0.0525. The van der Waals surface area contributed by atoms with E-state index in [4.69, 9.17) is 15.2 Å². The van der Waals surface area contributed by atoms with Crippen LogP contribution in [0.2, 0.25) is 0 Å². The molecule has 5 rings (SSSR count). The highest BCUT2D eigenvalue weighted by Crippen LogP contribution is 2.54. The minimum atomic E-state index is -0.555. The summed E-state index contributed by atoms with van der Waals surface area (Å²) in [4.78, 5) is 30.8. The standard InChI is InChI=1S/C28H34BrN3O4/c1-35-26(36-2)18-11-15-31(16-12-18)19-9-10-20-23(17-19)32(27(34)28(20)13-4-3-5-14-28)22-8-6-7-21(29)24(22)25(30)33/h6-10,17-18,26H,3-5,11-16H2,1-2H3,(H2,30,33). The first-order valence-electron chi connectivity index (χ1n) is 12.8. The predicted octanol–water partition coefficient (Wildman–Crippen LogP) is 5.26. The number of ether oxygens (including phenoxy) is 2. The molecule has 0 aromatic heterocycles. The average Bonchev–Trinajstić information content (AvgIpc) is 3.12. The van der Waals surface area contributed by atoms with Crippen molar-refractivity contribution in [1.82, 2.24) is 0 Å². The number of nitrogens with zero attached hydrogens (tertiary/aromatic N) is 2. The average molecular weight is 557 g/mol. The molecule has 1 saturated heterocycles. The van der Waals surface area contributed by atoms with Gasteiger partial charge in [0.2, 0.25) is 5.91 Å². The topological polar surface area (TPSA) is 85.1 Å². The molecule has 2 aromatic rings.